The quantitative estimate of drug-likeness (QED) is 0.604. The topological polar surface area (TPSA) is 38.7 Å². The molecule has 0 aliphatic heterocycles. The summed E-state index contributed by atoms with van der Waals surface area (Å²) < 4.78 is 0. The summed E-state index contributed by atoms with van der Waals surface area (Å²) in [5, 5.41) is 13.2. The number of aliphatic hydroxyl groups is 1. The van der Waals surface area contributed by atoms with Gasteiger partial charge in [-0.2, -0.15) is 0 Å². The number of nitrogens with one attached hydrogen (secondary N) is 1. The SMILES string of the molecule is CCN(CCCC(C)(CO)NC1CC1)C(C)CN(C)C. The molecule has 2 atom stereocenters. The second-order valence-electron chi connectivity index (χ2n) is 6.98. The summed E-state index contributed by atoms with van der Waals surface area (Å²) in [5.74, 6) is 0. The third-order valence-electron chi connectivity index (χ3n) is 4.31. The molecule has 0 aromatic rings. The molecule has 0 aromatic heterocycles. The zero-order valence-corrected chi connectivity index (χ0v) is 14.2. The van der Waals surface area contributed by atoms with Crippen molar-refractivity contribution in [2.45, 2.75) is 64.1 Å². The van der Waals surface area contributed by atoms with Crippen molar-refractivity contribution in [3.05, 3.63) is 0 Å². The Hall–Kier alpha value is -0.160. The zero-order chi connectivity index (χ0) is 15.2. The van der Waals surface area contributed by atoms with E-state index in [4.69, 9.17) is 0 Å². The van der Waals surface area contributed by atoms with Crippen LogP contribution in [0.5, 0.6) is 0 Å². The van der Waals surface area contributed by atoms with E-state index in [1.807, 2.05) is 0 Å². The minimum Gasteiger partial charge on any atom is -0.394 e. The lowest BCUT2D eigenvalue weighted by Gasteiger charge is -2.33. The number of rotatable bonds is 11. The van der Waals surface area contributed by atoms with E-state index in [1.165, 1.54) is 12.8 Å². The maximum Gasteiger partial charge on any atom is 0.0610 e. The molecular weight excluding hydrogens is 250 g/mol. The van der Waals surface area contributed by atoms with Crippen molar-refractivity contribution in [3.8, 4) is 0 Å². The largest absolute Gasteiger partial charge is 0.394 e. The second-order valence-corrected chi connectivity index (χ2v) is 6.98. The lowest BCUT2D eigenvalue weighted by molar-refractivity contribution is 0.142. The van der Waals surface area contributed by atoms with Gasteiger partial charge in [0, 0.05) is 24.2 Å². The molecule has 1 fully saturated rings. The molecule has 0 spiro atoms. The third-order valence-corrected chi connectivity index (χ3v) is 4.31. The fourth-order valence-corrected chi connectivity index (χ4v) is 2.92. The summed E-state index contributed by atoms with van der Waals surface area (Å²) >= 11 is 0. The summed E-state index contributed by atoms with van der Waals surface area (Å²) in [4.78, 5) is 4.79. The summed E-state index contributed by atoms with van der Waals surface area (Å²) in [6, 6.07) is 1.24. The monoisotopic (exact) mass is 285 g/mol. The van der Waals surface area contributed by atoms with Crippen LogP contribution in [0.1, 0.15) is 46.5 Å². The van der Waals surface area contributed by atoms with E-state index >= 15 is 0 Å². The summed E-state index contributed by atoms with van der Waals surface area (Å²) in [6.45, 7) is 10.3. The van der Waals surface area contributed by atoms with Crippen molar-refractivity contribution in [3.63, 3.8) is 0 Å². The van der Waals surface area contributed by atoms with Crippen LogP contribution in [-0.2, 0) is 0 Å². The Kier molecular flexibility index (Phi) is 7.45. The molecule has 0 bridgehead atoms. The van der Waals surface area contributed by atoms with Crippen LogP contribution in [0.15, 0.2) is 0 Å². The molecule has 4 nitrogen and oxygen atoms in total. The molecule has 120 valence electrons. The molecule has 20 heavy (non-hydrogen) atoms. The molecule has 2 unspecified atom stereocenters. The Balaban J connectivity index is 2.31. The molecule has 2 N–H and O–H groups in total. The molecule has 0 saturated heterocycles. The molecule has 0 aromatic carbocycles. The van der Waals surface area contributed by atoms with Gasteiger partial charge in [0.1, 0.15) is 0 Å². The van der Waals surface area contributed by atoms with Crippen LogP contribution in [0.3, 0.4) is 0 Å². The molecule has 0 amide bonds. The summed E-state index contributed by atoms with van der Waals surface area (Å²) in [7, 11) is 4.26. The molecular formula is C16H35N3O. The average molecular weight is 285 g/mol. The maximum absolute atomic E-state index is 9.63. The van der Waals surface area contributed by atoms with Crippen LogP contribution < -0.4 is 5.32 Å². The zero-order valence-electron chi connectivity index (χ0n) is 14.2. The van der Waals surface area contributed by atoms with E-state index in [9.17, 15) is 5.11 Å². The fraction of sp³-hybridized carbons (Fsp3) is 1.00. The molecule has 4 heteroatoms. The predicted octanol–water partition coefficient (Wildman–Crippen LogP) is 1.54. The highest BCUT2D eigenvalue weighted by Gasteiger charge is 2.31. The fourth-order valence-electron chi connectivity index (χ4n) is 2.92. The van der Waals surface area contributed by atoms with Gasteiger partial charge in [-0.05, 0) is 66.7 Å². The van der Waals surface area contributed by atoms with Crippen molar-refractivity contribution >= 4 is 0 Å². The normalized spacial score (nSPS) is 20.4. The first-order valence-electron chi connectivity index (χ1n) is 8.17. The van der Waals surface area contributed by atoms with Crippen molar-refractivity contribution in [1.82, 2.24) is 15.1 Å². The van der Waals surface area contributed by atoms with Gasteiger partial charge in [-0.15, -0.1) is 0 Å². The van der Waals surface area contributed by atoms with E-state index in [0.717, 1.165) is 32.5 Å². The molecule has 1 aliphatic carbocycles. The Morgan fingerprint density at radius 2 is 2.00 bits per heavy atom. The van der Waals surface area contributed by atoms with Gasteiger partial charge in [-0.1, -0.05) is 6.92 Å². The molecule has 0 radical (unpaired) electrons. The van der Waals surface area contributed by atoms with Gasteiger partial charge in [-0.3, -0.25) is 4.90 Å². The lowest BCUT2D eigenvalue weighted by Crippen LogP contribution is -2.48. The smallest absolute Gasteiger partial charge is 0.0610 e. The highest BCUT2D eigenvalue weighted by Crippen LogP contribution is 2.24. The minimum atomic E-state index is -0.0919. The van der Waals surface area contributed by atoms with Crippen molar-refractivity contribution < 1.29 is 5.11 Å². The van der Waals surface area contributed by atoms with Crippen LogP contribution in [0.4, 0.5) is 0 Å². The number of likely N-dealkylation sites (N-methyl/N-ethyl adjacent to an activating group) is 2. The van der Waals surface area contributed by atoms with E-state index in [2.05, 4.69) is 50.0 Å². The molecule has 1 saturated carbocycles. The number of hydrogen-bond donors (Lipinski definition) is 2. The lowest BCUT2D eigenvalue weighted by atomic mass is 9.96. The van der Waals surface area contributed by atoms with Crippen LogP contribution in [-0.4, -0.2) is 72.9 Å². The van der Waals surface area contributed by atoms with Crippen LogP contribution in [0, 0.1) is 0 Å². The minimum absolute atomic E-state index is 0.0919. The average Bonchev–Trinajstić information content (AvgIpc) is 3.17. The first-order chi connectivity index (χ1) is 9.40. The number of nitrogens with zero attached hydrogens (tertiary/aromatic N) is 2. The van der Waals surface area contributed by atoms with Crippen LogP contribution >= 0.6 is 0 Å². The Morgan fingerprint density at radius 3 is 2.45 bits per heavy atom. The van der Waals surface area contributed by atoms with Crippen LogP contribution in [0.2, 0.25) is 0 Å². The Bertz CT molecular complexity index is 268. The van der Waals surface area contributed by atoms with Gasteiger partial charge in [0.15, 0.2) is 0 Å². The van der Waals surface area contributed by atoms with Crippen molar-refractivity contribution in [1.29, 1.82) is 0 Å². The van der Waals surface area contributed by atoms with E-state index in [1.54, 1.807) is 0 Å². The van der Waals surface area contributed by atoms with Gasteiger partial charge in [0.05, 0.1) is 6.61 Å². The standard InChI is InChI=1S/C16H35N3O/c1-6-19(14(2)12-18(4)5)11-7-10-16(3,13-20)17-15-8-9-15/h14-15,17,20H,6-13H2,1-5H3. The van der Waals surface area contributed by atoms with Gasteiger partial charge in [-0.25, -0.2) is 0 Å². The molecule has 1 aliphatic rings. The van der Waals surface area contributed by atoms with Crippen molar-refractivity contribution in [2.75, 3.05) is 40.3 Å². The van der Waals surface area contributed by atoms with Gasteiger partial charge in [0.2, 0.25) is 0 Å². The first kappa shape index (κ1) is 17.9. The Labute approximate surface area is 125 Å². The molecule has 0 heterocycles. The van der Waals surface area contributed by atoms with Crippen molar-refractivity contribution in [2.24, 2.45) is 0 Å². The van der Waals surface area contributed by atoms with E-state index < -0.39 is 0 Å². The van der Waals surface area contributed by atoms with E-state index in [-0.39, 0.29) is 12.1 Å². The predicted molar refractivity (Wildman–Crippen MR) is 86.1 cm³/mol. The van der Waals surface area contributed by atoms with Gasteiger partial charge >= 0.3 is 0 Å². The second kappa shape index (κ2) is 8.32. The highest BCUT2D eigenvalue weighted by atomic mass is 16.3. The number of hydrogen-bond acceptors (Lipinski definition) is 4. The third kappa shape index (κ3) is 6.53. The summed E-state index contributed by atoms with van der Waals surface area (Å²) in [6.07, 6.45) is 4.74. The highest BCUT2D eigenvalue weighted by molar-refractivity contribution is 4.92. The van der Waals surface area contributed by atoms with Crippen LogP contribution in [0.25, 0.3) is 0 Å². The number of aliphatic hydroxyl groups excluding tert-OH is 1. The summed E-state index contributed by atoms with van der Waals surface area (Å²) in [5.41, 5.74) is -0.0919. The van der Waals surface area contributed by atoms with Gasteiger partial charge < -0.3 is 15.3 Å². The maximum atomic E-state index is 9.63. The molecule has 1 rings (SSSR count). The van der Waals surface area contributed by atoms with E-state index in [0.29, 0.717) is 12.1 Å². The Morgan fingerprint density at radius 1 is 1.35 bits per heavy atom. The first-order valence-corrected chi connectivity index (χ1v) is 8.17. The van der Waals surface area contributed by atoms with Gasteiger partial charge in [0.25, 0.3) is 0 Å².